The summed E-state index contributed by atoms with van der Waals surface area (Å²) in [5.41, 5.74) is 0.631. The third-order valence-corrected chi connectivity index (χ3v) is 9.50. The Morgan fingerprint density at radius 3 is 2.40 bits per heavy atom. The molecule has 5 atom stereocenters. The summed E-state index contributed by atoms with van der Waals surface area (Å²) in [5, 5.41) is 16.7. The van der Waals surface area contributed by atoms with Crippen LogP contribution in [-0.4, -0.2) is 79.3 Å². The maximum Gasteiger partial charge on any atom is 0.408 e. The second kappa shape index (κ2) is 17.8. The number of aliphatic hydroxyl groups is 1. The molecular weight excluding hydrogens is 592 g/mol. The Bertz CT molecular complexity index is 1070. The van der Waals surface area contributed by atoms with Crippen molar-refractivity contribution in [3.05, 3.63) is 34.9 Å². The van der Waals surface area contributed by atoms with Crippen LogP contribution in [0.5, 0.6) is 0 Å². The van der Waals surface area contributed by atoms with Crippen LogP contribution in [0, 0.1) is 5.92 Å². The average molecular weight is 636 g/mol. The molecule has 3 N–H and O–H groups in total. The fourth-order valence-corrected chi connectivity index (χ4v) is 6.75. The molecule has 14 heteroatoms. The summed E-state index contributed by atoms with van der Waals surface area (Å²) in [6.45, 7) is 2.97. The Morgan fingerprint density at radius 1 is 1.14 bits per heavy atom. The lowest BCUT2D eigenvalue weighted by atomic mass is 9.83. The maximum atomic E-state index is 14.8. The normalized spacial score (nSPS) is 19.3. The third kappa shape index (κ3) is 11.4. The zero-order valence-electron chi connectivity index (χ0n) is 24.7. The summed E-state index contributed by atoms with van der Waals surface area (Å²) >= 11 is 5.99. The smallest absolute Gasteiger partial charge is 0.408 e. The topological polar surface area (TPSA) is 144 Å². The number of alkyl carbamates (subject to hydrolysis) is 1. The molecule has 1 aliphatic rings. The summed E-state index contributed by atoms with van der Waals surface area (Å²) in [6, 6.07) is 4.24. The highest BCUT2D eigenvalue weighted by molar-refractivity contribution is 7.54. The van der Waals surface area contributed by atoms with Crippen molar-refractivity contribution in [2.75, 3.05) is 27.3 Å². The third-order valence-electron chi connectivity index (χ3n) is 7.02. The van der Waals surface area contributed by atoms with Crippen molar-refractivity contribution in [1.82, 2.24) is 15.5 Å². The summed E-state index contributed by atoms with van der Waals surface area (Å²) in [7, 11) is -1.01. The van der Waals surface area contributed by atoms with Crippen molar-refractivity contribution < 1.29 is 42.2 Å². The summed E-state index contributed by atoms with van der Waals surface area (Å²) in [5.74, 6) is -3.34. The predicted molar refractivity (Wildman–Crippen MR) is 157 cm³/mol. The minimum Gasteiger partial charge on any atom is -0.445 e. The molecule has 4 unspecified atom stereocenters. The van der Waals surface area contributed by atoms with E-state index in [9.17, 15) is 28.4 Å². The molecule has 0 aliphatic heterocycles. The molecule has 1 aromatic carbocycles. The number of hydrogen-bond donors (Lipinski definition) is 3. The van der Waals surface area contributed by atoms with Crippen molar-refractivity contribution in [1.29, 1.82) is 0 Å². The zero-order valence-corrected chi connectivity index (χ0v) is 26.4. The second-order valence-electron chi connectivity index (χ2n) is 10.4. The van der Waals surface area contributed by atoms with E-state index in [1.165, 1.54) is 4.90 Å². The van der Waals surface area contributed by atoms with Gasteiger partial charge in [0.1, 0.15) is 18.8 Å². The maximum absolute atomic E-state index is 14.8. The number of nitrogens with one attached hydrogen (secondary N) is 2. The van der Waals surface area contributed by atoms with Crippen molar-refractivity contribution in [3.63, 3.8) is 0 Å². The molecule has 0 heterocycles. The highest BCUT2D eigenvalue weighted by atomic mass is 35.5. The summed E-state index contributed by atoms with van der Waals surface area (Å²) in [6.07, 6.45) is 0.157. The monoisotopic (exact) mass is 635 g/mol. The molecule has 11 nitrogen and oxygen atoms in total. The van der Waals surface area contributed by atoms with Crippen LogP contribution in [0.3, 0.4) is 0 Å². The van der Waals surface area contributed by atoms with Crippen molar-refractivity contribution in [2.45, 2.75) is 89.5 Å². The van der Waals surface area contributed by atoms with E-state index in [2.05, 4.69) is 10.6 Å². The lowest BCUT2D eigenvalue weighted by Crippen LogP contribution is -2.53. The van der Waals surface area contributed by atoms with Crippen LogP contribution in [-0.2, 0) is 34.5 Å². The number of aliphatic hydroxyl groups excluding tert-OH is 1. The highest BCUT2D eigenvalue weighted by Crippen LogP contribution is 2.53. The number of carbonyl (C=O) groups excluding carboxylic acids is 3. The number of hydrogen-bond acceptors (Lipinski definition) is 8. The number of benzene rings is 1. The fraction of sp³-hybridized carbons (Fsp3) is 0.679. The first-order valence-corrected chi connectivity index (χ1v) is 16.3. The Balaban J connectivity index is 2.26. The minimum atomic E-state index is -4.12. The molecule has 0 saturated heterocycles. The number of rotatable bonds is 16. The molecule has 238 valence electrons. The number of nitrogens with zero attached hydrogens (tertiary/aromatic N) is 1. The molecule has 0 spiro atoms. The summed E-state index contributed by atoms with van der Waals surface area (Å²) < 4.78 is 44.0. The van der Waals surface area contributed by atoms with Gasteiger partial charge in [-0.15, -0.1) is 0 Å². The molecule has 1 saturated carbocycles. The molecule has 2 rings (SSSR count). The molecule has 0 bridgehead atoms. The standard InChI is InChI=1S/C28H44ClFN3O8P/c1-5-40-42(38,41-6-2)27(36)23(14-15-25(34)33(3)4)31-26(35)24(17-20-11-7-8-13-22(20)30)32-28(37)39-18-19-10-9-12-21(29)16-19/h9-10,12,16,20,22-24,27,36H,5-8,11,13-15,17-18H2,1-4H3,(H,31,35)(H,32,37)/t20?,22?,23-,24?,27?/m0/s1. The van der Waals surface area contributed by atoms with Gasteiger partial charge in [-0.1, -0.05) is 36.6 Å². The number of amides is 3. The fourth-order valence-electron chi connectivity index (χ4n) is 4.77. The first-order valence-electron chi connectivity index (χ1n) is 14.3. The molecule has 0 aromatic heterocycles. The van der Waals surface area contributed by atoms with Crippen LogP contribution in [0.1, 0.15) is 64.4 Å². The quantitative estimate of drug-likeness (QED) is 0.220. The molecule has 1 aromatic rings. The Hall–Kier alpha value is -2.24. The van der Waals surface area contributed by atoms with Gasteiger partial charge in [0.25, 0.3) is 0 Å². The van der Waals surface area contributed by atoms with Crippen LogP contribution >= 0.6 is 19.2 Å². The number of carbonyl (C=O) groups is 3. The number of ether oxygens (including phenoxy) is 1. The predicted octanol–water partition coefficient (Wildman–Crippen LogP) is 4.79. The van der Waals surface area contributed by atoms with E-state index < -0.39 is 49.6 Å². The van der Waals surface area contributed by atoms with Crippen LogP contribution in [0.4, 0.5) is 9.18 Å². The average Bonchev–Trinajstić information content (AvgIpc) is 2.94. The van der Waals surface area contributed by atoms with Crippen LogP contribution < -0.4 is 10.6 Å². The van der Waals surface area contributed by atoms with E-state index in [0.717, 1.165) is 12.8 Å². The van der Waals surface area contributed by atoms with E-state index in [1.54, 1.807) is 52.2 Å². The molecule has 1 aliphatic carbocycles. The Kier molecular flexibility index (Phi) is 15.2. The zero-order chi connectivity index (χ0) is 31.3. The van der Waals surface area contributed by atoms with Gasteiger partial charge in [0.15, 0.2) is 5.85 Å². The molecule has 3 amide bonds. The molecular formula is C28H44ClFN3O8P. The van der Waals surface area contributed by atoms with Crippen LogP contribution in [0.2, 0.25) is 5.02 Å². The lowest BCUT2D eigenvalue weighted by Gasteiger charge is -2.32. The van der Waals surface area contributed by atoms with Crippen molar-refractivity contribution >= 4 is 37.1 Å². The highest BCUT2D eigenvalue weighted by Gasteiger charge is 2.42. The molecule has 0 radical (unpaired) electrons. The SMILES string of the molecule is CCOP(=O)(OCC)C(O)[C@H](CCC(=O)N(C)C)NC(=O)C(CC1CCCCC1F)NC(=O)OCc1cccc(Cl)c1. The minimum absolute atomic E-state index is 0.0205. The van der Waals surface area contributed by atoms with Gasteiger partial charge in [0.2, 0.25) is 11.8 Å². The number of alkyl halides is 1. The van der Waals surface area contributed by atoms with Crippen LogP contribution in [0.25, 0.3) is 0 Å². The van der Waals surface area contributed by atoms with Gasteiger partial charge < -0.3 is 34.4 Å². The molecule has 42 heavy (non-hydrogen) atoms. The first kappa shape index (κ1) is 36.0. The van der Waals surface area contributed by atoms with E-state index in [1.807, 2.05) is 0 Å². The summed E-state index contributed by atoms with van der Waals surface area (Å²) in [4.78, 5) is 40.0. The second-order valence-corrected chi connectivity index (χ2v) is 13.0. The van der Waals surface area contributed by atoms with Gasteiger partial charge in [0, 0.05) is 25.5 Å². The van der Waals surface area contributed by atoms with Gasteiger partial charge in [-0.05, 0) is 63.1 Å². The first-order chi connectivity index (χ1) is 19.9. The van der Waals surface area contributed by atoms with Gasteiger partial charge >= 0.3 is 13.7 Å². The largest absolute Gasteiger partial charge is 0.445 e. The lowest BCUT2D eigenvalue weighted by molar-refractivity contribution is -0.130. The van der Waals surface area contributed by atoms with E-state index in [0.29, 0.717) is 23.4 Å². The number of halogens is 2. The van der Waals surface area contributed by atoms with Crippen LogP contribution in [0.15, 0.2) is 24.3 Å². The van der Waals surface area contributed by atoms with Gasteiger partial charge in [-0.3, -0.25) is 14.2 Å². The van der Waals surface area contributed by atoms with E-state index >= 15 is 0 Å². The van der Waals surface area contributed by atoms with Gasteiger partial charge in [-0.2, -0.15) is 0 Å². The van der Waals surface area contributed by atoms with Gasteiger partial charge in [0.05, 0.1) is 19.3 Å². The van der Waals surface area contributed by atoms with Gasteiger partial charge in [-0.25, -0.2) is 9.18 Å². The Labute approximate surface area is 252 Å². The van der Waals surface area contributed by atoms with Crippen molar-refractivity contribution in [3.8, 4) is 0 Å². The van der Waals surface area contributed by atoms with E-state index in [-0.39, 0.29) is 45.0 Å². The Morgan fingerprint density at radius 2 is 1.81 bits per heavy atom. The van der Waals surface area contributed by atoms with E-state index in [4.69, 9.17) is 25.4 Å². The van der Waals surface area contributed by atoms with Crippen molar-refractivity contribution in [2.24, 2.45) is 5.92 Å². The molecule has 1 fully saturated rings.